The molecule has 2 N–H and O–H groups in total. The molecule has 0 unspecified atom stereocenters. The van der Waals surface area contributed by atoms with Crippen LogP contribution in [0.1, 0.15) is 30.1 Å². The number of benzene rings is 1. The summed E-state index contributed by atoms with van der Waals surface area (Å²) in [7, 11) is 0. The van der Waals surface area contributed by atoms with Crippen molar-refractivity contribution >= 4 is 11.9 Å². The number of amides is 1. The van der Waals surface area contributed by atoms with E-state index in [1.54, 1.807) is 18.3 Å². The van der Waals surface area contributed by atoms with Crippen LogP contribution in [0.5, 0.6) is 0 Å². The summed E-state index contributed by atoms with van der Waals surface area (Å²) >= 11 is 0. The highest BCUT2D eigenvalue weighted by atomic mass is 16.4. The number of carboxylic acid groups (broad SMARTS) is 1. The van der Waals surface area contributed by atoms with E-state index in [1.165, 1.54) is 6.39 Å². The molecule has 0 spiro atoms. The number of carboxylic acids is 1. The summed E-state index contributed by atoms with van der Waals surface area (Å²) in [6.45, 7) is 2.68. The van der Waals surface area contributed by atoms with Crippen LogP contribution in [0.15, 0.2) is 41.3 Å². The quantitative estimate of drug-likeness (QED) is 0.798. The Balaban J connectivity index is 1.56. The Morgan fingerprint density at radius 3 is 2.84 bits per heavy atom. The summed E-state index contributed by atoms with van der Waals surface area (Å²) < 4.78 is 5.26. The minimum absolute atomic E-state index is 0.0427. The predicted molar refractivity (Wildman–Crippen MR) is 91.1 cm³/mol. The minimum Gasteiger partial charge on any atom is -0.480 e. The second-order valence-corrected chi connectivity index (χ2v) is 6.20. The Morgan fingerprint density at radius 1 is 1.40 bits per heavy atom. The van der Waals surface area contributed by atoms with E-state index in [2.05, 4.69) is 10.3 Å². The smallest absolute Gasteiger partial charge is 0.317 e. The van der Waals surface area contributed by atoms with E-state index < -0.39 is 5.97 Å². The van der Waals surface area contributed by atoms with Gasteiger partial charge in [0.2, 0.25) is 0 Å². The van der Waals surface area contributed by atoms with Gasteiger partial charge in [-0.2, -0.15) is 0 Å². The summed E-state index contributed by atoms with van der Waals surface area (Å²) in [6.07, 6.45) is 4.51. The molecule has 25 heavy (non-hydrogen) atoms. The topological polar surface area (TPSA) is 95.7 Å². The summed E-state index contributed by atoms with van der Waals surface area (Å²) in [5.74, 6) is -0.338. The van der Waals surface area contributed by atoms with Crippen LogP contribution in [0.25, 0.3) is 11.3 Å². The average molecular weight is 343 g/mol. The lowest BCUT2D eigenvalue weighted by Crippen LogP contribution is -2.54. The molecule has 7 nitrogen and oxygen atoms in total. The lowest BCUT2D eigenvalue weighted by molar-refractivity contribution is -0.139. The fraction of sp³-hybridized carbons (Fsp3) is 0.389. The molecule has 1 heterocycles. The van der Waals surface area contributed by atoms with E-state index in [0.29, 0.717) is 17.9 Å². The van der Waals surface area contributed by atoms with Gasteiger partial charge in [-0.05, 0) is 31.5 Å². The molecule has 2 aromatic rings. The summed E-state index contributed by atoms with van der Waals surface area (Å²) in [5.41, 5.74) is 1.37. The third-order valence-corrected chi connectivity index (χ3v) is 4.55. The molecule has 132 valence electrons. The highest BCUT2D eigenvalue weighted by Gasteiger charge is 2.34. The molecular weight excluding hydrogens is 322 g/mol. The van der Waals surface area contributed by atoms with E-state index >= 15 is 0 Å². The number of nitrogens with one attached hydrogen (secondary N) is 1. The van der Waals surface area contributed by atoms with Crippen LogP contribution in [-0.2, 0) is 4.79 Å². The van der Waals surface area contributed by atoms with Gasteiger partial charge in [-0.15, -0.1) is 0 Å². The number of hydrogen-bond acceptors (Lipinski definition) is 5. The molecule has 1 amide bonds. The largest absolute Gasteiger partial charge is 0.480 e. The van der Waals surface area contributed by atoms with Crippen LogP contribution >= 0.6 is 0 Å². The summed E-state index contributed by atoms with van der Waals surface area (Å²) in [6, 6.07) is 7.49. The van der Waals surface area contributed by atoms with E-state index in [-0.39, 0.29) is 24.5 Å². The highest BCUT2D eigenvalue weighted by molar-refractivity contribution is 5.95. The van der Waals surface area contributed by atoms with Crippen LogP contribution < -0.4 is 5.32 Å². The maximum Gasteiger partial charge on any atom is 0.317 e. The third-order valence-electron chi connectivity index (χ3n) is 4.55. The molecule has 0 aliphatic heterocycles. The molecule has 1 aliphatic rings. The van der Waals surface area contributed by atoms with Gasteiger partial charge in [0.25, 0.3) is 5.91 Å². The van der Waals surface area contributed by atoms with Gasteiger partial charge in [0.15, 0.2) is 12.2 Å². The van der Waals surface area contributed by atoms with E-state index in [0.717, 1.165) is 18.4 Å². The molecular formula is C18H21N3O4. The first-order valence-electron chi connectivity index (χ1n) is 8.32. The van der Waals surface area contributed by atoms with Crippen molar-refractivity contribution in [1.29, 1.82) is 0 Å². The molecule has 1 aromatic heterocycles. The zero-order chi connectivity index (χ0) is 17.8. The number of nitrogens with zero attached hydrogens (tertiary/aromatic N) is 2. The van der Waals surface area contributed by atoms with Crippen molar-refractivity contribution in [1.82, 2.24) is 15.2 Å². The number of carbonyl (C=O) groups excluding carboxylic acids is 1. The Kier molecular flexibility index (Phi) is 5.14. The van der Waals surface area contributed by atoms with Crippen LogP contribution in [0, 0.1) is 0 Å². The SMILES string of the molecule is CCN(CC(=O)O)C1CC(NC(=O)c2cccc(-c3cnco3)c2)C1. The number of oxazole rings is 1. The molecule has 0 saturated heterocycles. The molecule has 7 heteroatoms. The molecule has 0 atom stereocenters. The molecule has 0 radical (unpaired) electrons. The summed E-state index contributed by atoms with van der Waals surface area (Å²) in [5, 5.41) is 11.9. The number of hydrogen-bond donors (Lipinski definition) is 2. The zero-order valence-electron chi connectivity index (χ0n) is 14.0. The van der Waals surface area contributed by atoms with Crippen molar-refractivity contribution < 1.29 is 19.1 Å². The number of aliphatic carboxylic acids is 1. The Bertz CT molecular complexity index is 739. The van der Waals surface area contributed by atoms with Gasteiger partial charge in [-0.1, -0.05) is 19.1 Å². The fourth-order valence-corrected chi connectivity index (χ4v) is 3.12. The van der Waals surface area contributed by atoms with Gasteiger partial charge >= 0.3 is 5.97 Å². The fourth-order valence-electron chi connectivity index (χ4n) is 3.12. The number of carbonyl (C=O) groups is 2. The van der Waals surface area contributed by atoms with Gasteiger partial charge in [-0.3, -0.25) is 14.5 Å². The van der Waals surface area contributed by atoms with Crippen molar-refractivity contribution in [2.24, 2.45) is 0 Å². The van der Waals surface area contributed by atoms with Crippen molar-refractivity contribution in [3.05, 3.63) is 42.4 Å². The Labute approximate surface area is 145 Å². The average Bonchev–Trinajstić information content (AvgIpc) is 3.10. The maximum absolute atomic E-state index is 12.4. The molecule has 1 aromatic carbocycles. The maximum atomic E-state index is 12.4. The highest BCUT2D eigenvalue weighted by Crippen LogP contribution is 2.26. The van der Waals surface area contributed by atoms with Crippen molar-refractivity contribution in [2.45, 2.75) is 31.8 Å². The lowest BCUT2D eigenvalue weighted by Gasteiger charge is -2.42. The number of aromatic nitrogens is 1. The normalized spacial score (nSPS) is 19.4. The van der Waals surface area contributed by atoms with E-state index in [1.807, 2.05) is 24.0 Å². The molecule has 1 saturated carbocycles. The van der Waals surface area contributed by atoms with E-state index in [9.17, 15) is 9.59 Å². The zero-order valence-corrected chi connectivity index (χ0v) is 14.0. The first-order chi connectivity index (χ1) is 12.1. The van der Waals surface area contributed by atoms with Crippen LogP contribution in [-0.4, -0.2) is 52.0 Å². The second-order valence-electron chi connectivity index (χ2n) is 6.20. The number of rotatable bonds is 7. The first kappa shape index (κ1) is 17.2. The monoisotopic (exact) mass is 343 g/mol. The second kappa shape index (κ2) is 7.48. The molecule has 0 bridgehead atoms. The first-order valence-corrected chi connectivity index (χ1v) is 8.32. The lowest BCUT2D eigenvalue weighted by atomic mass is 9.85. The van der Waals surface area contributed by atoms with Crippen molar-refractivity contribution in [3.8, 4) is 11.3 Å². The van der Waals surface area contributed by atoms with Crippen molar-refractivity contribution in [3.63, 3.8) is 0 Å². The molecule has 1 aliphatic carbocycles. The Morgan fingerprint density at radius 2 is 2.20 bits per heavy atom. The third kappa shape index (κ3) is 4.06. The van der Waals surface area contributed by atoms with Gasteiger partial charge < -0.3 is 14.8 Å². The summed E-state index contributed by atoms with van der Waals surface area (Å²) in [4.78, 5) is 29.1. The van der Waals surface area contributed by atoms with Gasteiger partial charge in [0, 0.05) is 23.2 Å². The van der Waals surface area contributed by atoms with Gasteiger partial charge in [-0.25, -0.2) is 4.98 Å². The number of likely N-dealkylation sites (N-methyl/N-ethyl adjacent to an activating group) is 1. The Hall–Kier alpha value is -2.67. The van der Waals surface area contributed by atoms with Gasteiger partial charge in [0.05, 0.1) is 12.7 Å². The minimum atomic E-state index is -0.821. The van der Waals surface area contributed by atoms with Gasteiger partial charge in [0.1, 0.15) is 0 Å². The van der Waals surface area contributed by atoms with Crippen LogP contribution in [0.2, 0.25) is 0 Å². The van der Waals surface area contributed by atoms with E-state index in [4.69, 9.17) is 9.52 Å². The van der Waals surface area contributed by atoms with Crippen LogP contribution in [0.3, 0.4) is 0 Å². The predicted octanol–water partition coefficient (Wildman–Crippen LogP) is 2.01. The molecule has 1 fully saturated rings. The van der Waals surface area contributed by atoms with Crippen molar-refractivity contribution in [2.75, 3.05) is 13.1 Å². The standard InChI is InChI=1S/C18H21N3O4/c1-2-21(10-17(22)23)15-7-14(8-15)20-18(24)13-5-3-4-12(6-13)16-9-19-11-25-16/h3-6,9,11,14-15H,2,7-8,10H2,1H3,(H,20,24)(H,22,23). The molecule has 3 rings (SSSR count). The van der Waals surface area contributed by atoms with Crippen LogP contribution in [0.4, 0.5) is 0 Å².